The van der Waals surface area contributed by atoms with Crippen LogP contribution in [0.5, 0.6) is 5.75 Å². The van der Waals surface area contributed by atoms with E-state index in [0.29, 0.717) is 6.54 Å². The smallest absolute Gasteiger partial charge is 0.250 e. The van der Waals surface area contributed by atoms with E-state index < -0.39 is 0 Å². The highest BCUT2D eigenvalue weighted by Gasteiger charge is 2.24. The second-order valence-electron chi connectivity index (χ2n) is 4.30. The number of nitrogens with zero attached hydrogens (tertiary/aromatic N) is 1. The van der Waals surface area contributed by atoms with Crippen molar-refractivity contribution in [3.63, 3.8) is 0 Å². The molecule has 1 aliphatic heterocycles. The van der Waals surface area contributed by atoms with E-state index in [1.54, 1.807) is 12.0 Å². The number of anilines is 3. The summed E-state index contributed by atoms with van der Waals surface area (Å²) in [5.74, 6) is 0.809. The molecule has 1 aliphatic rings. The first-order valence-electron chi connectivity index (χ1n) is 6.09. The lowest BCUT2D eigenvalue weighted by molar-refractivity contribution is -0.116. The number of methoxy groups -OCH3 is 1. The Labute approximate surface area is 111 Å². The number of carbonyl (C=O) groups excluding carboxylic acids is 1. The maximum absolute atomic E-state index is 12.1. The van der Waals surface area contributed by atoms with Crippen molar-refractivity contribution in [3.05, 3.63) is 48.5 Å². The molecule has 0 saturated heterocycles. The molecule has 4 nitrogen and oxygen atoms in total. The van der Waals surface area contributed by atoms with Gasteiger partial charge in [-0.3, -0.25) is 9.69 Å². The number of carbonyl (C=O) groups is 1. The van der Waals surface area contributed by atoms with Crippen LogP contribution < -0.4 is 15.0 Å². The lowest BCUT2D eigenvalue weighted by Gasteiger charge is -2.30. The maximum Gasteiger partial charge on any atom is 0.250 e. The molecule has 0 spiro atoms. The topological polar surface area (TPSA) is 41.6 Å². The first kappa shape index (κ1) is 11.6. The number of nitrogens with one attached hydrogen (secondary N) is 1. The highest BCUT2D eigenvalue weighted by atomic mass is 16.5. The quantitative estimate of drug-likeness (QED) is 0.896. The Bertz CT molecular complexity index is 608. The van der Waals surface area contributed by atoms with E-state index in [0.717, 1.165) is 22.8 Å². The number of fused-ring (bicyclic) bond motifs is 1. The highest BCUT2D eigenvalue weighted by molar-refractivity contribution is 6.08. The van der Waals surface area contributed by atoms with Crippen molar-refractivity contribution < 1.29 is 9.53 Å². The van der Waals surface area contributed by atoms with Gasteiger partial charge in [0.05, 0.1) is 25.0 Å². The lowest BCUT2D eigenvalue weighted by atomic mass is 10.1. The van der Waals surface area contributed by atoms with E-state index in [2.05, 4.69) is 5.32 Å². The van der Waals surface area contributed by atoms with Crippen LogP contribution in [-0.4, -0.2) is 19.6 Å². The number of rotatable bonds is 2. The molecule has 3 rings (SSSR count). The van der Waals surface area contributed by atoms with Gasteiger partial charge >= 0.3 is 0 Å². The van der Waals surface area contributed by atoms with Gasteiger partial charge in [-0.05, 0) is 36.4 Å². The van der Waals surface area contributed by atoms with E-state index in [9.17, 15) is 4.79 Å². The van der Waals surface area contributed by atoms with Crippen molar-refractivity contribution in [1.29, 1.82) is 0 Å². The fraction of sp³-hybridized carbons (Fsp3) is 0.133. The largest absolute Gasteiger partial charge is 0.497 e. The summed E-state index contributed by atoms with van der Waals surface area (Å²) in [6.45, 7) is 0.309. The molecule has 4 heteroatoms. The van der Waals surface area contributed by atoms with Gasteiger partial charge in [0.1, 0.15) is 5.75 Å². The minimum Gasteiger partial charge on any atom is -0.497 e. The zero-order valence-corrected chi connectivity index (χ0v) is 10.6. The summed E-state index contributed by atoms with van der Waals surface area (Å²) in [6.07, 6.45) is 0. The molecular weight excluding hydrogens is 240 g/mol. The second-order valence-corrected chi connectivity index (χ2v) is 4.30. The van der Waals surface area contributed by atoms with Gasteiger partial charge in [0.2, 0.25) is 0 Å². The van der Waals surface area contributed by atoms with Gasteiger partial charge in [0.25, 0.3) is 5.91 Å². The van der Waals surface area contributed by atoms with Crippen molar-refractivity contribution in [1.82, 2.24) is 0 Å². The summed E-state index contributed by atoms with van der Waals surface area (Å²) in [5, 5.41) is 3.12. The molecule has 0 radical (unpaired) electrons. The third-order valence-electron chi connectivity index (χ3n) is 3.16. The van der Waals surface area contributed by atoms with Gasteiger partial charge in [-0.15, -0.1) is 0 Å². The van der Waals surface area contributed by atoms with Crippen molar-refractivity contribution in [2.75, 3.05) is 23.9 Å². The summed E-state index contributed by atoms with van der Waals surface area (Å²) in [7, 11) is 1.63. The third kappa shape index (κ3) is 2.01. The Hall–Kier alpha value is -2.49. The minimum atomic E-state index is 0.0314. The number of ether oxygens (including phenoxy) is 1. The molecule has 0 aliphatic carbocycles. The Kier molecular flexibility index (Phi) is 2.83. The molecule has 0 saturated carbocycles. The zero-order valence-electron chi connectivity index (χ0n) is 10.6. The summed E-state index contributed by atoms with van der Waals surface area (Å²) in [5.41, 5.74) is 2.70. The predicted octanol–water partition coefficient (Wildman–Crippen LogP) is 2.79. The van der Waals surface area contributed by atoms with Gasteiger partial charge < -0.3 is 10.1 Å². The average Bonchev–Trinajstić information content (AvgIpc) is 2.47. The van der Waals surface area contributed by atoms with E-state index in [-0.39, 0.29) is 5.91 Å². The molecule has 1 amide bonds. The second kappa shape index (κ2) is 4.65. The molecule has 0 atom stereocenters. The molecule has 0 aromatic heterocycles. The van der Waals surface area contributed by atoms with Crippen LogP contribution in [0.25, 0.3) is 0 Å². The summed E-state index contributed by atoms with van der Waals surface area (Å²) >= 11 is 0. The molecular formula is C15H14N2O2. The van der Waals surface area contributed by atoms with Crippen molar-refractivity contribution in [2.45, 2.75) is 0 Å². The summed E-state index contributed by atoms with van der Waals surface area (Å²) < 4.78 is 5.14. The number of benzene rings is 2. The molecule has 96 valence electrons. The normalized spacial score (nSPS) is 13.7. The lowest BCUT2D eigenvalue weighted by Crippen LogP contribution is -2.36. The Morgan fingerprint density at radius 3 is 2.58 bits per heavy atom. The van der Waals surface area contributed by atoms with E-state index in [1.165, 1.54) is 0 Å². The van der Waals surface area contributed by atoms with Crippen molar-refractivity contribution in [2.24, 2.45) is 0 Å². The van der Waals surface area contributed by atoms with Crippen LogP contribution in [0.1, 0.15) is 0 Å². The third-order valence-corrected chi connectivity index (χ3v) is 3.16. The molecule has 0 unspecified atom stereocenters. The summed E-state index contributed by atoms with van der Waals surface area (Å²) in [6, 6.07) is 15.3. The van der Waals surface area contributed by atoms with Gasteiger partial charge in [0.15, 0.2) is 0 Å². The van der Waals surface area contributed by atoms with Crippen molar-refractivity contribution in [3.8, 4) is 5.75 Å². The fourth-order valence-electron chi connectivity index (χ4n) is 2.22. The Morgan fingerprint density at radius 2 is 1.84 bits per heavy atom. The first-order valence-corrected chi connectivity index (χ1v) is 6.09. The Morgan fingerprint density at radius 1 is 1.11 bits per heavy atom. The Balaban J connectivity index is 2.05. The molecule has 19 heavy (non-hydrogen) atoms. The van der Waals surface area contributed by atoms with Gasteiger partial charge in [-0.1, -0.05) is 12.1 Å². The van der Waals surface area contributed by atoms with Crippen LogP contribution >= 0.6 is 0 Å². The monoisotopic (exact) mass is 254 g/mol. The van der Waals surface area contributed by atoms with E-state index >= 15 is 0 Å². The fourth-order valence-corrected chi connectivity index (χ4v) is 2.22. The molecule has 2 aromatic carbocycles. The maximum atomic E-state index is 12.1. The van der Waals surface area contributed by atoms with Gasteiger partial charge in [0, 0.05) is 5.69 Å². The van der Waals surface area contributed by atoms with Crippen LogP contribution in [0.4, 0.5) is 17.1 Å². The number of para-hydroxylation sites is 2. The highest BCUT2D eigenvalue weighted by Crippen LogP contribution is 2.35. The minimum absolute atomic E-state index is 0.0314. The van der Waals surface area contributed by atoms with Gasteiger partial charge in [-0.2, -0.15) is 0 Å². The molecule has 0 bridgehead atoms. The van der Waals surface area contributed by atoms with Crippen LogP contribution in [-0.2, 0) is 4.79 Å². The molecule has 0 fully saturated rings. The van der Waals surface area contributed by atoms with Crippen LogP contribution in [0.3, 0.4) is 0 Å². The number of hydrogen-bond acceptors (Lipinski definition) is 3. The molecule has 2 aromatic rings. The van der Waals surface area contributed by atoms with Crippen LogP contribution in [0, 0.1) is 0 Å². The number of hydrogen-bond donors (Lipinski definition) is 1. The van der Waals surface area contributed by atoms with Crippen LogP contribution in [0.15, 0.2) is 48.5 Å². The summed E-state index contributed by atoms with van der Waals surface area (Å²) in [4.78, 5) is 13.9. The van der Waals surface area contributed by atoms with Crippen molar-refractivity contribution >= 4 is 23.0 Å². The van der Waals surface area contributed by atoms with E-state index in [4.69, 9.17) is 4.74 Å². The standard InChI is InChI=1S/C15H14N2O2/c1-19-12-8-6-11(7-9-12)17-14-5-3-2-4-13(14)16-10-15(17)18/h2-9,16H,10H2,1H3. The number of amides is 1. The van der Waals surface area contributed by atoms with E-state index in [1.807, 2.05) is 48.5 Å². The predicted molar refractivity (Wildman–Crippen MR) is 75.1 cm³/mol. The SMILES string of the molecule is COc1ccc(N2C(=O)CNc3ccccc32)cc1. The van der Waals surface area contributed by atoms with Gasteiger partial charge in [-0.25, -0.2) is 0 Å². The molecule has 1 N–H and O–H groups in total. The van der Waals surface area contributed by atoms with Crippen LogP contribution in [0.2, 0.25) is 0 Å². The first-order chi connectivity index (χ1) is 9.29. The average molecular weight is 254 g/mol. The molecule has 1 heterocycles. The zero-order chi connectivity index (χ0) is 13.2.